The number of carboxylic acid groups (broad SMARTS) is 1. The zero-order valence-corrected chi connectivity index (χ0v) is 12.2. The fourth-order valence-electron chi connectivity index (χ4n) is 1.57. The summed E-state index contributed by atoms with van der Waals surface area (Å²) >= 11 is 0. The van der Waals surface area contributed by atoms with Crippen LogP contribution >= 0.6 is 0 Å². The van der Waals surface area contributed by atoms with E-state index in [9.17, 15) is 0 Å². The van der Waals surface area contributed by atoms with Gasteiger partial charge in [0.25, 0.3) is 5.97 Å². The van der Waals surface area contributed by atoms with Crippen molar-refractivity contribution in [1.29, 1.82) is 5.41 Å². The predicted octanol–water partition coefficient (Wildman–Crippen LogP) is 2.26. The van der Waals surface area contributed by atoms with Crippen LogP contribution in [0.1, 0.15) is 12.5 Å². The highest BCUT2D eigenvalue weighted by atomic mass is 16.4. The van der Waals surface area contributed by atoms with Gasteiger partial charge in [0.1, 0.15) is 0 Å². The maximum absolute atomic E-state index is 9.00. The van der Waals surface area contributed by atoms with Gasteiger partial charge in [0.2, 0.25) is 5.96 Å². The van der Waals surface area contributed by atoms with Crippen LogP contribution in [0.4, 0.5) is 0 Å². The van der Waals surface area contributed by atoms with Crippen molar-refractivity contribution in [2.45, 2.75) is 6.92 Å². The van der Waals surface area contributed by atoms with Gasteiger partial charge in [0.05, 0.1) is 6.21 Å². The summed E-state index contributed by atoms with van der Waals surface area (Å²) in [4.78, 5) is 9.00. The standard InChI is InChI=1S/C14H14N4.C2H4O2/c15-14(16)18-17-10-11-6-8-13(9-7-11)12-4-2-1-3-5-12;1-2(3)4/h1-10H,(H4,15,16,18);1H3,(H,3,4). The Morgan fingerprint density at radius 3 is 2.14 bits per heavy atom. The SMILES string of the molecule is CC(=O)O.N=C(N)NN=Cc1ccc(-c2ccccc2)cc1. The molecule has 0 unspecified atom stereocenters. The molecule has 2 aromatic rings. The number of benzene rings is 2. The van der Waals surface area contributed by atoms with Gasteiger partial charge < -0.3 is 10.8 Å². The molecule has 0 aromatic heterocycles. The molecule has 0 aliphatic heterocycles. The van der Waals surface area contributed by atoms with E-state index >= 15 is 0 Å². The predicted molar refractivity (Wildman–Crippen MR) is 87.8 cm³/mol. The van der Waals surface area contributed by atoms with E-state index in [0.717, 1.165) is 18.1 Å². The molecule has 114 valence electrons. The molecule has 0 aliphatic carbocycles. The first-order valence-corrected chi connectivity index (χ1v) is 6.47. The molecule has 0 saturated carbocycles. The highest BCUT2D eigenvalue weighted by Crippen LogP contribution is 2.18. The molecule has 6 heteroatoms. The third-order valence-electron chi connectivity index (χ3n) is 2.42. The first kappa shape index (κ1) is 16.9. The third-order valence-corrected chi connectivity index (χ3v) is 2.42. The summed E-state index contributed by atoms with van der Waals surface area (Å²) in [6.45, 7) is 1.08. The number of hydrogen-bond acceptors (Lipinski definition) is 3. The summed E-state index contributed by atoms with van der Waals surface area (Å²) in [5.41, 5.74) is 10.8. The Hall–Kier alpha value is -3.15. The molecule has 0 heterocycles. The molecule has 0 spiro atoms. The maximum Gasteiger partial charge on any atom is 0.300 e. The third kappa shape index (κ3) is 6.85. The van der Waals surface area contributed by atoms with Gasteiger partial charge in [-0.3, -0.25) is 10.2 Å². The molecule has 6 nitrogen and oxygen atoms in total. The molecule has 0 aliphatic rings. The number of aliphatic carboxylic acids is 1. The summed E-state index contributed by atoms with van der Waals surface area (Å²) < 4.78 is 0. The second kappa shape index (κ2) is 8.91. The smallest absolute Gasteiger partial charge is 0.300 e. The molecule has 22 heavy (non-hydrogen) atoms. The minimum Gasteiger partial charge on any atom is -0.481 e. The van der Waals surface area contributed by atoms with Gasteiger partial charge in [-0.15, -0.1) is 0 Å². The van der Waals surface area contributed by atoms with E-state index in [4.69, 9.17) is 21.0 Å². The number of nitrogens with two attached hydrogens (primary N) is 1. The van der Waals surface area contributed by atoms with E-state index in [0.29, 0.717) is 0 Å². The minimum atomic E-state index is -0.833. The van der Waals surface area contributed by atoms with Crippen LogP contribution in [-0.2, 0) is 4.79 Å². The number of rotatable bonds is 3. The van der Waals surface area contributed by atoms with Crippen LogP contribution in [-0.4, -0.2) is 23.2 Å². The van der Waals surface area contributed by atoms with Gasteiger partial charge in [0.15, 0.2) is 0 Å². The summed E-state index contributed by atoms with van der Waals surface area (Å²) in [5, 5.41) is 18.2. The summed E-state index contributed by atoms with van der Waals surface area (Å²) in [6.07, 6.45) is 1.62. The Balaban J connectivity index is 0.000000541. The number of carboxylic acids is 1. The molecule has 5 N–H and O–H groups in total. The number of hydrazone groups is 1. The second-order valence-electron chi connectivity index (χ2n) is 4.29. The van der Waals surface area contributed by atoms with Crippen molar-refractivity contribution in [2.75, 3.05) is 0 Å². The van der Waals surface area contributed by atoms with Crippen LogP contribution < -0.4 is 11.2 Å². The molecule has 0 fully saturated rings. The maximum atomic E-state index is 9.00. The van der Waals surface area contributed by atoms with Crippen LogP contribution in [0.2, 0.25) is 0 Å². The fourth-order valence-corrected chi connectivity index (χ4v) is 1.57. The molecular formula is C16H18N4O2. The summed E-state index contributed by atoms with van der Waals surface area (Å²) in [7, 11) is 0. The van der Waals surface area contributed by atoms with Gasteiger partial charge in [0, 0.05) is 6.92 Å². The Morgan fingerprint density at radius 1 is 1.14 bits per heavy atom. The van der Waals surface area contributed by atoms with E-state index in [1.807, 2.05) is 42.5 Å². The summed E-state index contributed by atoms with van der Waals surface area (Å²) in [6, 6.07) is 18.2. The van der Waals surface area contributed by atoms with Gasteiger partial charge in [-0.05, 0) is 16.7 Å². The largest absolute Gasteiger partial charge is 0.481 e. The van der Waals surface area contributed by atoms with Crippen LogP contribution in [0.3, 0.4) is 0 Å². The lowest BCUT2D eigenvalue weighted by molar-refractivity contribution is -0.134. The second-order valence-corrected chi connectivity index (χ2v) is 4.29. The van der Waals surface area contributed by atoms with Crippen LogP contribution in [0.25, 0.3) is 11.1 Å². The van der Waals surface area contributed by atoms with Crippen molar-refractivity contribution >= 4 is 18.1 Å². The molecule has 0 saturated heterocycles. The number of guanidine groups is 1. The fraction of sp³-hybridized carbons (Fsp3) is 0.0625. The Morgan fingerprint density at radius 2 is 1.64 bits per heavy atom. The van der Waals surface area contributed by atoms with Crippen molar-refractivity contribution in [3.8, 4) is 11.1 Å². The molecule has 0 atom stereocenters. The average Bonchev–Trinajstić information content (AvgIpc) is 2.48. The highest BCUT2D eigenvalue weighted by Gasteiger charge is 1.95. The van der Waals surface area contributed by atoms with Crippen molar-refractivity contribution in [3.63, 3.8) is 0 Å². The van der Waals surface area contributed by atoms with Crippen molar-refractivity contribution in [3.05, 3.63) is 60.2 Å². The van der Waals surface area contributed by atoms with E-state index in [1.165, 1.54) is 5.56 Å². The van der Waals surface area contributed by atoms with Crippen molar-refractivity contribution in [1.82, 2.24) is 5.43 Å². The molecule has 0 bridgehead atoms. The zero-order chi connectivity index (χ0) is 16.4. The van der Waals surface area contributed by atoms with Crippen molar-refractivity contribution in [2.24, 2.45) is 10.8 Å². The number of nitrogens with one attached hydrogen (secondary N) is 2. The normalized spacial score (nSPS) is 9.68. The van der Waals surface area contributed by atoms with Gasteiger partial charge in [-0.25, -0.2) is 5.43 Å². The Bertz CT molecular complexity index is 633. The summed E-state index contributed by atoms with van der Waals surface area (Å²) in [5.74, 6) is -1.01. The lowest BCUT2D eigenvalue weighted by Gasteiger charge is -2.01. The lowest BCUT2D eigenvalue weighted by atomic mass is 10.0. The van der Waals surface area contributed by atoms with Crippen LogP contribution in [0, 0.1) is 5.41 Å². The van der Waals surface area contributed by atoms with E-state index in [-0.39, 0.29) is 5.96 Å². The highest BCUT2D eigenvalue weighted by molar-refractivity contribution is 5.82. The molecular weight excluding hydrogens is 280 g/mol. The molecule has 2 rings (SSSR count). The van der Waals surface area contributed by atoms with Crippen molar-refractivity contribution < 1.29 is 9.90 Å². The topological polar surface area (TPSA) is 112 Å². The first-order valence-electron chi connectivity index (χ1n) is 6.47. The molecule has 0 radical (unpaired) electrons. The number of nitrogens with zero attached hydrogens (tertiary/aromatic N) is 1. The first-order chi connectivity index (χ1) is 10.5. The van der Waals surface area contributed by atoms with E-state index in [2.05, 4.69) is 22.7 Å². The van der Waals surface area contributed by atoms with Gasteiger partial charge in [-0.2, -0.15) is 5.10 Å². The van der Waals surface area contributed by atoms with E-state index in [1.54, 1.807) is 6.21 Å². The number of carbonyl (C=O) groups is 1. The van der Waals surface area contributed by atoms with Crippen LogP contribution in [0.15, 0.2) is 59.7 Å². The average molecular weight is 298 g/mol. The monoisotopic (exact) mass is 298 g/mol. The minimum absolute atomic E-state index is 0.174. The lowest BCUT2D eigenvalue weighted by Crippen LogP contribution is -2.25. The van der Waals surface area contributed by atoms with E-state index < -0.39 is 5.97 Å². The quantitative estimate of drug-likeness (QED) is 0.395. The van der Waals surface area contributed by atoms with Gasteiger partial charge >= 0.3 is 0 Å². The molecule has 2 aromatic carbocycles. The van der Waals surface area contributed by atoms with Gasteiger partial charge in [-0.1, -0.05) is 54.6 Å². The number of hydrogen-bond donors (Lipinski definition) is 4. The van der Waals surface area contributed by atoms with Crippen LogP contribution in [0.5, 0.6) is 0 Å². The Kier molecular flexibility index (Phi) is 6.85. The Labute approximate surface area is 128 Å². The zero-order valence-electron chi connectivity index (χ0n) is 12.2. The molecule has 0 amide bonds.